The van der Waals surface area contributed by atoms with Gasteiger partial charge in [-0.1, -0.05) is 12.1 Å². The molecule has 0 aromatic heterocycles. The minimum atomic E-state index is -0.389. The van der Waals surface area contributed by atoms with Gasteiger partial charge in [0.1, 0.15) is 11.9 Å². The van der Waals surface area contributed by atoms with Crippen LogP contribution in [-0.4, -0.2) is 19.7 Å². The largest absolute Gasteiger partial charge is 0.485 e. The maximum absolute atomic E-state index is 14.1. The number of benzene rings is 2. The van der Waals surface area contributed by atoms with Crippen LogP contribution in [0.2, 0.25) is 0 Å². The molecular formula is C16H15F2NO. The topological polar surface area (TPSA) is 21.3 Å². The van der Waals surface area contributed by atoms with Crippen molar-refractivity contribution in [2.24, 2.45) is 0 Å². The van der Waals surface area contributed by atoms with Crippen molar-refractivity contribution < 1.29 is 13.5 Å². The molecule has 104 valence electrons. The molecule has 1 aliphatic rings. The van der Waals surface area contributed by atoms with Crippen molar-refractivity contribution in [1.29, 1.82) is 0 Å². The summed E-state index contributed by atoms with van der Waals surface area (Å²) in [6, 6.07) is 9.45. The van der Waals surface area contributed by atoms with E-state index in [4.69, 9.17) is 4.74 Å². The summed E-state index contributed by atoms with van der Waals surface area (Å²) in [4.78, 5) is 0. The van der Waals surface area contributed by atoms with Gasteiger partial charge >= 0.3 is 0 Å². The minimum absolute atomic E-state index is 0.0488. The predicted octanol–water partition coefficient (Wildman–Crippen LogP) is 3.15. The molecule has 0 amide bonds. The Morgan fingerprint density at radius 3 is 2.80 bits per heavy atom. The van der Waals surface area contributed by atoms with E-state index in [1.54, 1.807) is 12.1 Å². The predicted molar refractivity (Wildman–Crippen MR) is 73.8 cm³/mol. The van der Waals surface area contributed by atoms with E-state index in [-0.39, 0.29) is 17.7 Å². The lowest BCUT2D eigenvalue weighted by atomic mass is 10.0. The zero-order valence-electron chi connectivity index (χ0n) is 11.1. The van der Waals surface area contributed by atoms with E-state index < -0.39 is 0 Å². The summed E-state index contributed by atoms with van der Waals surface area (Å²) in [5.74, 6) is -0.390. The van der Waals surface area contributed by atoms with E-state index in [1.807, 2.05) is 13.1 Å². The number of hydrogen-bond acceptors (Lipinski definition) is 2. The molecule has 0 radical (unpaired) electrons. The number of hydrogen-bond donors (Lipinski definition) is 1. The number of ether oxygens (including phenoxy) is 1. The van der Waals surface area contributed by atoms with Gasteiger partial charge in [0.2, 0.25) is 0 Å². The van der Waals surface area contributed by atoms with Gasteiger partial charge in [0.15, 0.2) is 11.6 Å². The maximum Gasteiger partial charge on any atom is 0.165 e. The molecule has 0 spiro atoms. The summed E-state index contributed by atoms with van der Waals surface area (Å²) in [6.45, 7) is 0.670. The Bertz CT molecular complexity index is 642. The fourth-order valence-corrected chi connectivity index (χ4v) is 2.56. The fraction of sp³-hybridized carbons (Fsp3) is 0.250. The molecule has 2 nitrogen and oxygen atoms in total. The number of fused-ring (bicyclic) bond motifs is 1. The Morgan fingerprint density at radius 2 is 2.05 bits per heavy atom. The molecule has 1 unspecified atom stereocenters. The molecule has 4 heteroatoms. The van der Waals surface area contributed by atoms with Crippen LogP contribution in [-0.2, 0) is 6.42 Å². The Balaban J connectivity index is 1.97. The summed E-state index contributed by atoms with van der Waals surface area (Å²) in [5.41, 5.74) is 2.18. The third-order valence-corrected chi connectivity index (χ3v) is 3.44. The van der Waals surface area contributed by atoms with Crippen LogP contribution in [0.4, 0.5) is 8.78 Å². The lowest BCUT2D eigenvalue weighted by Gasteiger charge is -2.09. The van der Waals surface area contributed by atoms with E-state index in [0.717, 1.165) is 5.56 Å². The number of rotatable bonds is 3. The van der Waals surface area contributed by atoms with E-state index in [1.165, 1.54) is 18.2 Å². The normalized spacial score (nSPS) is 16.9. The molecule has 2 aromatic rings. The number of nitrogens with one attached hydrogen (secondary N) is 1. The Kier molecular flexibility index (Phi) is 3.40. The van der Waals surface area contributed by atoms with Gasteiger partial charge in [0, 0.05) is 18.5 Å². The molecule has 0 aliphatic carbocycles. The van der Waals surface area contributed by atoms with Gasteiger partial charge in [-0.15, -0.1) is 0 Å². The zero-order valence-corrected chi connectivity index (χ0v) is 11.1. The highest BCUT2D eigenvalue weighted by atomic mass is 19.1. The first-order valence-electron chi connectivity index (χ1n) is 6.57. The first-order chi connectivity index (χ1) is 9.67. The van der Waals surface area contributed by atoms with E-state index in [0.29, 0.717) is 29.8 Å². The monoisotopic (exact) mass is 275 g/mol. The molecule has 3 rings (SSSR count). The van der Waals surface area contributed by atoms with Crippen molar-refractivity contribution in [1.82, 2.24) is 5.32 Å². The molecule has 1 aliphatic heterocycles. The average molecular weight is 275 g/mol. The second-order valence-electron chi connectivity index (χ2n) is 4.96. The first kappa shape index (κ1) is 13.1. The Hall–Kier alpha value is -1.94. The summed E-state index contributed by atoms with van der Waals surface area (Å²) in [5, 5.41) is 3.02. The van der Waals surface area contributed by atoms with Crippen LogP contribution in [0.1, 0.15) is 5.56 Å². The fourth-order valence-electron chi connectivity index (χ4n) is 2.56. The van der Waals surface area contributed by atoms with Crippen molar-refractivity contribution >= 4 is 0 Å². The SMILES string of the molecule is CNCC1Cc2cc(-c3cccc(F)c3)cc(F)c2O1. The van der Waals surface area contributed by atoms with Crippen LogP contribution in [0.25, 0.3) is 11.1 Å². The molecule has 2 aromatic carbocycles. The van der Waals surface area contributed by atoms with Crippen LogP contribution in [0.15, 0.2) is 36.4 Å². The molecule has 1 atom stereocenters. The van der Waals surface area contributed by atoms with Gasteiger partial charge < -0.3 is 10.1 Å². The third kappa shape index (κ3) is 2.39. The highest BCUT2D eigenvalue weighted by Crippen LogP contribution is 2.35. The molecule has 0 saturated heterocycles. The van der Waals surface area contributed by atoms with Crippen LogP contribution < -0.4 is 10.1 Å². The second-order valence-corrected chi connectivity index (χ2v) is 4.96. The number of halogens is 2. The van der Waals surface area contributed by atoms with E-state index in [2.05, 4.69) is 5.32 Å². The average Bonchev–Trinajstić information content (AvgIpc) is 2.82. The molecule has 1 N–H and O–H groups in total. The molecule has 0 saturated carbocycles. The van der Waals surface area contributed by atoms with Crippen molar-refractivity contribution in [2.75, 3.05) is 13.6 Å². The van der Waals surface area contributed by atoms with Gasteiger partial charge in [-0.25, -0.2) is 8.78 Å². The van der Waals surface area contributed by atoms with E-state index in [9.17, 15) is 8.78 Å². The van der Waals surface area contributed by atoms with Gasteiger partial charge in [0.05, 0.1) is 0 Å². The number of likely N-dealkylation sites (N-methyl/N-ethyl adjacent to an activating group) is 1. The summed E-state index contributed by atoms with van der Waals surface area (Å²) < 4.78 is 33.0. The van der Waals surface area contributed by atoms with E-state index >= 15 is 0 Å². The summed E-state index contributed by atoms with van der Waals surface area (Å²) in [6.07, 6.45) is 0.614. The van der Waals surface area contributed by atoms with Gasteiger partial charge in [-0.2, -0.15) is 0 Å². The minimum Gasteiger partial charge on any atom is -0.485 e. The van der Waals surface area contributed by atoms with Gasteiger partial charge in [-0.05, 0) is 42.4 Å². The van der Waals surface area contributed by atoms with Gasteiger partial charge in [-0.3, -0.25) is 0 Å². The van der Waals surface area contributed by atoms with Crippen LogP contribution in [0.5, 0.6) is 5.75 Å². The molecular weight excluding hydrogens is 260 g/mol. The van der Waals surface area contributed by atoms with Crippen molar-refractivity contribution in [3.05, 3.63) is 53.6 Å². The first-order valence-corrected chi connectivity index (χ1v) is 6.57. The zero-order chi connectivity index (χ0) is 14.1. The van der Waals surface area contributed by atoms with Crippen molar-refractivity contribution in [2.45, 2.75) is 12.5 Å². The maximum atomic E-state index is 14.1. The van der Waals surface area contributed by atoms with Crippen LogP contribution >= 0.6 is 0 Å². The third-order valence-electron chi connectivity index (χ3n) is 3.44. The highest BCUT2D eigenvalue weighted by molar-refractivity contribution is 5.66. The van der Waals surface area contributed by atoms with Crippen molar-refractivity contribution in [3.8, 4) is 16.9 Å². The lowest BCUT2D eigenvalue weighted by molar-refractivity contribution is 0.223. The Labute approximate surface area is 116 Å². The van der Waals surface area contributed by atoms with Crippen LogP contribution in [0.3, 0.4) is 0 Å². The van der Waals surface area contributed by atoms with Crippen LogP contribution in [0, 0.1) is 11.6 Å². The second kappa shape index (κ2) is 5.21. The lowest BCUT2D eigenvalue weighted by Crippen LogP contribution is -2.27. The van der Waals surface area contributed by atoms with Crippen molar-refractivity contribution in [3.63, 3.8) is 0 Å². The molecule has 0 bridgehead atoms. The quantitative estimate of drug-likeness (QED) is 0.929. The molecule has 1 heterocycles. The smallest absolute Gasteiger partial charge is 0.165 e. The summed E-state index contributed by atoms with van der Waals surface area (Å²) >= 11 is 0. The Morgan fingerprint density at radius 1 is 1.20 bits per heavy atom. The van der Waals surface area contributed by atoms with Gasteiger partial charge in [0.25, 0.3) is 0 Å². The highest BCUT2D eigenvalue weighted by Gasteiger charge is 2.26. The molecule has 0 fully saturated rings. The standard InChI is InChI=1S/C16H15F2NO/c1-19-9-14-7-12-5-11(8-15(18)16(12)20-14)10-3-2-4-13(17)6-10/h2-6,8,14,19H,7,9H2,1H3. The molecule has 20 heavy (non-hydrogen) atoms. The summed E-state index contributed by atoms with van der Waals surface area (Å²) in [7, 11) is 1.83.